The second kappa shape index (κ2) is 8.00. The quantitative estimate of drug-likeness (QED) is 0.778. The topological polar surface area (TPSA) is 38.3 Å². The molecule has 24 heavy (non-hydrogen) atoms. The summed E-state index contributed by atoms with van der Waals surface area (Å²) in [5.74, 6) is 1.45. The Kier molecular flexibility index (Phi) is 6.02. The molecule has 0 aliphatic rings. The molecule has 1 N–H and O–H groups in total. The van der Waals surface area contributed by atoms with Gasteiger partial charge in [0.05, 0.1) is 0 Å². The number of amides is 1. The Balaban J connectivity index is 2.02. The molecule has 2 aromatic carbocycles. The summed E-state index contributed by atoms with van der Waals surface area (Å²) in [7, 11) is 0. The van der Waals surface area contributed by atoms with E-state index in [0.717, 1.165) is 17.0 Å². The first-order chi connectivity index (χ1) is 11.4. The molecule has 0 unspecified atom stereocenters. The van der Waals surface area contributed by atoms with E-state index in [1.54, 1.807) is 6.92 Å². The van der Waals surface area contributed by atoms with Crippen LogP contribution in [0.4, 0.5) is 5.69 Å². The molecule has 0 saturated heterocycles. The number of para-hydroxylation sites is 1. The van der Waals surface area contributed by atoms with Crippen molar-refractivity contribution >= 4 is 11.6 Å². The van der Waals surface area contributed by atoms with E-state index < -0.39 is 6.10 Å². The zero-order valence-corrected chi connectivity index (χ0v) is 15.2. The second-order valence-corrected chi connectivity index (χ2v) is 6.72. The van der Waals surface area contributed by atoms with Gasteiger partial charge in [0.2, 0.25) is 0 Å². The maximum Gasteiger partial charge on any atom is 0.265 e. The smallest absolute Gasteiger partial charge is 0.265 e. The van der Waals surface area contributed by atoms with Crippen LogP contribution in [0, 0.1) is 0 Å². The minimum absolute atomic E-state index is 0.147. The Morgan fingerprint density at radius 3 is 2.08 bits per heavy atom. The van der Waals surface area contributed by atoms with Crippen LogP contribution in [0.1, 0.15) is 57.6 Å². The van der Waals surface area contributed by atoms with Crippen molar-refractivity contribution in [1.29, 1.82) is 0 Å². The first-order valence-corrected chi connectivity index (χ1v) is 8.55. The van der Waals surface area contributed by atoms with Crippen molar-refractivity contribution in [2.24, 2.45) is 0 Å². The second-order valence-electron chi connectivity index (χ2n) is 6.72. The molecular formula is C21H27NO2. The van der Waals surface area contributed by atoms with Crippen molar-refractivity contribution < 1.29 is 9.53 Å². The highest BCUT2D eigenvalue weighted by atomic mass is 16.5. The van der Waals surface area contributed by atoms with E-state index in [9.17, 15) is 4.79 Å². The van der Waals surface area contributed by atoms with Gasteiger partial charge in [0.1, 0.15) is 5.75 Å². The van der Waals surface area contributed by atoms with E-state index in [0.29, 0.717) is 11.8 Å². The van der Waals surface area contributed by atoms with Gasteiger partial charge >= 0.3 is 0 Å². The van der Waals surface area contributed by atoms with E-state index >= 15 is 0 Å². The predicted molar refractivity (Wildman–Crippen MR) is 99.8 cm³/mol. The van der Waals surface area contributed by atoms with Crippen LogP contribution in [0.5, 0.6) is 5.75 Å². The Bertz CT molecular complexity index is 674. The van der Waals surface area contributed by atoms with Gasteiger partial charge in [-0.1, -0.05) is 58.0 Å². The molecule has 0 bridgehead atoms. The van der Waals surface area contributed by atoms with Crippen LogP contribution in [0.2, 0.25) is 0 Å². The summed E-state index contributed by atoms with van der Waals surface area (Å²) < 4.78 is 5.89. The average molecular weight is 325 g/mol. The molecule has 0 heterocycles. The summed E-state index contributed by atoms with van der Waals surface area (Å²) in [5.41, 5.74) is 3.15. The highest BCUT2D eigenvalue weighted by Gasteiger charge is 2.17. The van der Waals surface area contributed by atoms with Crippen LogP contribution in [0.15, 0.2) is 48.5 Å². The fourth-order valence-electron chi connectivity index (χ4n) is 2.50. The molecule has 0 spiro atoms. The van der Waals surface area contributed by atoms with Gasteiger partial charge in [-0.15, -0.1) is 0 Å². The SMILES string of the molecule is CC(C)c1ccc(NC(=O)[C@H](C)Oc2ccccc2C(C)C)cc1. The molecule has 0 aromatic heterocycles. The van der Waals surface area contributed by atoms with Crippen LogP contribution < -0.4 is 10.1 Å². The van der Waals surface area contributed by atoms with Crippen molar-refractivity contribution in [1.82, 2.24) is 0 Å². The van der Waals surface area contributed by atoms with Crippen LogP contribution >= 0.6 is 0 Å². The summed E-state index contributed by atoms with van der Waals surface area (Å²) in [4.78, 5) is 12.4. The van der Waals surface area contributed by atoms with Gasteiger partial charge in [0, 0.05) is 5.69 Å². The van der Waals surface area contributed by atoms with E-state index in [2.05, 4.69) is 33.0 Å². The first kappa shape index (κ1) is 18.1. The maximum absolute atomic E-state index is 12.4. The fraction of sp³-hybridized carbons (Fsp3) is 0.381. The van der Waals surface area contributed by atoms with Crippen molar-refractivity contribution in [2.75, 3.05) is 5.32 Å². The third-order valence-electron chi connectivity index (χ3n) is 4.06. The molecule has 128 valence electrons. The standard InChI is InChI=1S/C21H27NO2/c1-14(2)17-10-12-18(13-11-17)22-21(23)16(5)24-20-9-7-6-8-19(20)15(3)4/h6-16H,1-5H3,(H,22,23)/t16-/m0/s1. The minimum atomic E-state index is -0.560. The lowest BCUT2D eigenvalue weighted by atomic mass is 10.0. The molecule has 3 nitrogen and oxygen atoms in total. The molecule has 2 rings (SSSR count). The van der Waals surface area contributed by atoms with Gasteiger partial charge in [-0.25, -0.2) is 0 Å². The molecule has 3 heteroatoms. The van der Waals surface area contributed by atoms with Crippen LogP contribution in [0.25, 0.3) is 0 Å². The Morgan fingerprint density at radius 2 is 1.50 bits per heavy atom. The lowest BCUT2D eigenvalue weighted by molar-refractivity contribution is -0.122. The van der Waals surface area contributed by atoms with Gasteiger partial charge in [-0.3, -0.25) is 4.79 Å². The monoisotopic (exact) mass is 325 g/mol. The molecular weight excluding hydrogens is 298 g/mol. The first-order valence-electron chi connectivity index (χ1n) is 8.55. The summed E-state index contributed by atoms with van der Waals surface area (Å²) in [6.07, 6.45) is -0.560. The van der Waals surface area contributed by atoms with Crippen LogP contribution in [-0.4, -0.2) is 12.0 Å². The van der Waals surface area contributed by atoms with Gasteiger partial charge in [0.15, 0.2) is 6.10 Å². The van der Waals surface area contributed by atoms with E-state index in [1.165, 1.54) is 5.56 Å². The van der Waals surface area contributed by atoms with Crippen LogP contribution in [0.3, 0.4) is 0 Å². The number of anilines is 1. The normalized spacial score (nSPS) is 12.3. The fourth-order valence-corrected chi connectivity index (χ4v) is 2.50. The van der Waals surface area contributed by atoms with Crippen molar-refractivity contribution in [2.45, 2.75) is 52.6 Å². The Labute approximate surface area is 145 Å². The summed E-state index contributed by atoms with van der Waals surface area (Å²) >= 11 is 0. The number of carbonyl (C=O) groups is 1. The number of hydrogen-bond acceptors (Lipinski definition) is 2. The third kappa shape index (κ3) is 4.60. The lowest BCUT2D eigenvalue weighted by Crippen LogP contribution is -2.30. The number of rotatable bonds is 6. The van der Waals surface area contributed by atoms with Crippen molar-refractivity contribution in [3.63, 3.8) is 0 Å². The highest BCUT2D eigenvalue weighted by molar-refractivity contribution is 5.94. The number of carbonyl (C=O) groups excluding carboxylic acids is 1. The lowest BCUT2D eigenvalue weighted by Gasteiger charge is -2.19. The van der Waals surface area contributed by atoms with Crippen molar-refractivity contribution in [3.05, 3.63) is 59.7 Å². The molecule has 2 aromatic rings. The number of hydrogen-bond donors (Lipinski definition) is 1. The molecule has 0 aliphatic carbocycles. The zero-order chi connectivity index (χ0) is 17.7. The van der Waals surface area contributed by atoms with Gasteiger partial charge in [0.25, 0.3) is 5.91 Å². The number of nitrogens with one attached hydrogen (secondary N) is 1. The number of benzene rings is 2. The molecule has 0 aliphatic heterocycles. The van der Waals surface area contributed by atoms with E-state index in [-0.39, 0.29) is 5.91 Å². The summed E-state index contributed by atoms with van der Waals surface area (Å²) in [5, 5.41) is 2.91. The Hall–Kier alpha value is -2.29. The van der Waals surface area contributed by atoms with Crippen molar-refractivity contribution in [3.8, 4) is 5.75 Å². The van der Waals surface area contributed by atoms with Gasteiger partial charge < -0.3 is 10.1 Å². The molecule has 0 saturated carbocycles. The third-order valence-corrected chi connectivity index (χ3v) is 4.06. The maximum atomic E-state index is 12.4. The van der Waals surface area contributed by atoms with Gasteiger partial charge in [-0.05, 0) is 48.1 Å². The molecule has 1 atom stereocenters. The minimum Gasteiger partial charge on any atom is -0.481 e. The molecule has 0 radical (unpaired) electrons. The largest absolute Gasteiger partial charge is 0.481 e. The zero-order valence-electron chi connectivity index (χ0n) is 15.2. The average Bonchev–Trinajstić information content (AvgIpc) is 2.55. The summed E-state index contributed by atoms with van der Waals surface area (Å²) in [6, 6.07) is 15.8. The van der Waals surface area contributed by atoms with Gasteiger partial charge in [-0.2, -0.15) is 0 Å². The Morgan fingerprint density at radius 1 is 0.875 bits per heavy atom. The number of ether oxygens (including phenoxy) is 1. The predicted octanol–water partition coefficient (Wildman–Crippen LogP) is 5.34. The summed E-state index contributed by atoms with van der Waals surface area (Å²) in [6.45, 7) is 10.3. The van der Waals surface area contributed by atoms with E-state index in [1.807, 2.05) is 48.5 Å². The molecule has 0 fully saturated rings. The highest BCUT2D eigenvalue weighted by Crippen LogP contribution is 2.27. The molecule has 1 amide bonds. The van der Waals surface area contributed by atoms with E-state index in [4.69, 9.17) is 4.74 Å². The van der Waals surface area contributed by atoms with Crippen LogP contribution in [-0.2, 0) is 4.79 Å².